The van der Waals surface area contributed by atoms with E-state index in [1.807, 2.05) is 20.8 Å². The highest BCUT2D eigenvalue weighted by atomic mass is 16.5. The molecule has 0 spiro atoms. The molecule has 1 N–H and O–H groups in total. The van der Waals surface area contributed by atoms with Crippen LogP contribution in [0.15, 0.2) is 12.1 Å². The Labute approximate surface area is 166 Å². The van der Waals surface area contributed by atoms with E-state index in [-0.39, 0.29) is 18.0 Å². The first-order valence-corrected chi connectivity index (χ1v) is 9.74. The number of benzene rings is 1. The lowest BCUT2D eigenvalue weighted by Crippen LogP contribution is -2.46. The van der Waals surface area contributed by atoms with Gasteiger partial charge in [-0.15, -0.1) is 0 Å². The second kappa shape index (κ2) is 10.6. The zero-order chi connectivity index (χ0) is 20.5. The number of rotatable bonds is 8. The number of methoxy groups -OCH3 is 1. The van der Waals surface area contributed by atoms with Crippen LogP contribution in [-0.2, 0) is 4.74 Å². The molecule has 1 aromatic rings. The second-order valence-electron chi connectivity index (χ2n) is 6.31. The smallest absolute Gasteiger partial charge is 0.409 e. The molecule has 1 aliphatic heterocycles. The number of nitrogens with one attached hydrogen (secondary N) is 1. The Balaban J connectivity index is 2.13. The van der Waals surface area contributed by atoms with Gasteiger partial charge in [0.05, 0.1) is 26.9 Å². The minimum absolute atomic E-state index is 0.00828. The first kappa shape index (κ1) is 21.7. The quantitative estimate of drug-likeness (QED) is 0.730. The van der Waals surface area contributed by atoms with E-state index in [2.05, 4.69) is 5.32 Å². The second-order valence-corrected chi connectivity index (χ2v) is 6.31. The number of ether oxygens (including phenoxy) is 4. The van der Waals surface area contributed by atoms with Crippen molar-refractivity contribution in [2.75, 3.05) is 40.0 Å². The zero-order valence-electron chi connectivity index (χ0n) is 17.1. The monoisotopic (exact) mass is 394 g/mol. The molecule has 1 saturated heterocycles. The molecule has 0 aromatic heterocycles. The predicted octanol–water partition coefficient (Wildman–Crippen LogP) is 2.84. The molecule has 1 aromatic carbocycles. The number of nitrogens with zero attached hydrogens (tertiary/aromatic N) is 1. The lowest BCUT2D eigenvalue weighted by atomic mass is 10.0. The van der Waals surface area contributed by atoms with E-state index in [0.29, 0.717) is 68.6 Å². The Morgan fingerprint density at radius 3 is 2.00 bits per heavy atom. The van der Waals surface area contributed by atoms with Gasteiger partial charge in [-0.3, -0.25) is 4.79 Å². The molecule has 0 atom stereocenters. The van der Waals surface area contributed by atoms with E-state index >= 15 is 0 Å². The largest absolute Gasteiger partial charge is 0.490 e. The van der Waals surface area contributed by atoms with Gasteiger partial charge in [-0.25, -0.2) is 4.79 Å². The minimum atomic E-state index is -0.334. The van der Waals surface area contributed by atoms with Crippen molar-refractivity contribution in [1.29, 1.82) is 0 Å². The fourth-order valence-electron chi connectivity index (χ4n) is 3.12. The van der Waals surface area contributed by atoms with Crippen molar-refractivity contribution in [3.05, 3.63) is 17.7 Å². The molecule has 8 heteroatoms. The van der Waals surface area contributed by atoms with Gasteiger partial charge in [-0.05, 0) is 45.7 Å². The standard InChI is InChI=1S/C20H30N2O6/c1-5-26-16-12-14(13-17(27-6-2)18(16)28-7-3)19(23)21-15-8-10-22(11-9-15)20(24)25-4/h12-13,15H,5-11H2,1-4H3,(H,21,23). The number of hydrogen-bond acceptors (Lipinski definition) is 6. The third kappa shape index (κ3) is 5.43. The van der Waals surface area contributed by atoms with E-state index in [0.717, 1.165) is 0 Å². The van der Waals surface area contributed by atoms with Crippen molar-refractivity contribution in [2.45, 2.75) is 39.7 Å². The fourth-order valence-corrected chi connectivity index (χ4v) is 3.12. The van der Waals surface area contributed by atoms with Crippen LogP contribution in [0.4, 0.5) is 4.79 Å². The van der Waals surface area contributed by atoms with Crippen molar-refractivity contribution in [3.8, 4) is 17.2 Å². The molecule has 0 saturated carbocycles. The van der Waals surface area contributed by atoms with Crippen molar-refractivity contribution >= 4 is 12.0 Å². The van der Waals surface area contributed by atoms with Crippen LogP contribution in [0.2, 0.25) is 0 Å². The summed E-state index contributed by atoms with van der Waals surface area (Å²) >= 11 is 0. The summed E-state index contributed by atoms with van der Waals surface area (Å²) in [6.07, 6.45) is 1.02. The molecule has 0 bridgehead atoms. The van der Waals surface area contributed by atoms with Gasteiger partial charge in [0.25, 0.3) is 5.91 Å². The van der Waals surface area contributed by atoms with E-state index in [1.165, 1.54) is 7.11 Å². The molecular formula is C20H30N2O6. The molecule has 28 heavy (non-hydrogen) atoms. The summed E-state index contributed by atoms with van der Waals surface area (Å²) in [5.74, 6) is 1.28. The summed E-state index contributed by atoms with van der Waals surface area (Å²) < 4.78 is 21.7. The number of hydrogen-bond donors (Lipinski definition) is 1. The lowest BCUT2D eigenvalue weighted by molar-refractivity contribution is 0.0891. The summed E-state index contributed by atoms with van der Waals surface area (Å²) in [5.41, 5.74) is 0.450. The van der Waals surface area contributed by atoms with Crippen molar-refractivity contribution < 1.29 is 28.5 Å². The average Bonchev–Trinajstić information content (AvgIpc) is 2.70. The van der Waals surface area contributed by atoms with Gasteiger partial charge in [0.2, 0.25) is 5.75 Å². The van der Waals surface area contributed by atoms with Crippen LogP contribution in [0.25, 0.3) is 0 Å². The van der Waals surface area contributed by atoms with Crippen LogP contribution >= 0.6 is 0 Å². The molecule has 2 amide bonds. The van der Waals surface area contributed by atoms with Crippen molar-refractivity contribution in [2.24, 2.45) is 0 Å². The minimum Gasteiger partial charge on any atom is -0.490 e. The third-order valence-corrected chi connectivity index (χ3v) is 4.43. The summed E-state index contributed by atoms with van der Waals surface area (Å²) in [6.45, 7) is 8.09. The summed E-state index contributed by atoms with van der Waals surface area (Å²) in [4.78, 5) is 26.0. The molecule has 0 unspecified atom stereocenters. The van der Waals surface area contributed by atoms with E-state index in [9.17, 15) is 9.59 Å². The Hall–Kier alpha value is -2.64. The van der Waals surface area contributed by atoms with Crippen LogP contribution in [0.5, 0.6) is 17.2 Å². The van der Waals surface area contributed by atoms with Crippen LogP contribution < -0.4 is 19.5 Å². The van der Waals surface area contributed by atoms with Gasteiger partial charge in [-0.1, -0.05) is 0 Å². The van der Waals surface area contributed by atoms with Crippen LogP contribution in [0, 0.1) is 0 Å². The van der Waals surface area contributed by atoms with Crippen molar-refractivity contribution in [3.63, 3.8) is 0 Å². The van der Waals surface area contributed by atoms with Crippen LogP contribution in [0.3, 0.4) is 0 Å². The van der Waals surface area contributed by atoms with E-state index < -0.39 is 0 Å². The summed E-state index contributed by atoms with van der Waals surface area (Å²) in [5, 5.41) is 3.03. The summed E-state index contributed by atoms with van der Waals surface area (Å²) in [6, 6.07) is 3.34. The molecule has 1 heterocycles. The highest BCUT2D eigenvalue weighted by molar-refractivity contribution is 5.95. The molecule has 0 radical (unpaired) electrons. The molecule has 0 aliphatic carbocycles. The lowest BCUT2D eigenvalue weighted by Gasteiger charge is -2.31. The SMILES string of the molecule is CCOc1cc(C(=O)NC2CCN(C(=O)OC)CC2)cc(OCC)c1OCC. The van der Waals surface area contributed by atoms with Crippen molar-refractivity contribution in [1.82, 2.24) is 10.2 Å². The average molecular weight is 394 g/mol. The summed E-state index contributed by atoms with van der Waals surface area (Å²) in [7, 11) is 1.37. The third-order valence-electron chi connectivity index (χ3n) is 4.43. The Kier molecular flexibility index (Phi) is 8.22. The van der Waals surface area contributed by atoms with Gasteiger partial charge in [0.1, 0.15) is 0 Å². The van der Waals surface area contributed by atoms with Gasteiger partial charge in [0.15, 0.2) is 11.5 Å². The van der Waals surface area contributed by atoms with E-state index in [4.69, 9.17) is 18.9 Å². The maximum atomic E-state index is 12.8. The number of carbonyl (C=O) groups is 2. The molecule has 8 nitrogen and oxygen atoms in total. The number of likely N-dealkylation sites (tertiary alicyclic amines) is 1. The fraction of sp³-hybridized carbons (Fsp3) is 0.600. The number of amides is 2. The normalized spacial score (nSPS) is 14.4. The van der Waals surface area contributed by atoms with Gasteiger partial charge in [0, 0.05) is 24.7 Å². The van der Waals surface area contributed by atoms with E-state index in [1.54, 1.807) is 17.0 Å². The zero-order valence-corrected chi connectivity index (χ0v) is 17.1. The number of carbonyl (C=O) groups excluding carboxylic acids is 2. The van der Waals surface area contributed by atoms with Crippen LogP contribution in [0.1, 0.15) is 44.0 Å². The first-order chi connectivity index (χ1) is 13.5. The topological polar surface area (TPSA) is 86.3 Å². The Morgan fingerprint density at radius 2 is 1.54 bits per heavy atom. The highest BCUT2D eigenvalue weighted by Crippen LogP contribution is 2.39. The van der Waals surface area contributed by atoms with Gasteiger partial charge in [-0.2, -0.15) is 0 Å². The predicted molar refractivity (Wildman–Crippen MR) is 104 cm³/mol. The van der Waals surface area contributed by atoms with Crippen LogP contribution in [-0.4, -0.2) is 63.0 Å². The van der Waals surface area contributed by atoms with Gasteiger partial charge < -0.3 is 29.2 Å². The molecule has 156 valence electrons. The molecule has 1 fully saturated rings. The Morgan fingerprint density at radius 1 is 1.00 bits per heavy atom. The molecule has 1 aliphatic rings. The Bertz CT molecular complexity index is 644. The molecular weight excluding hydrogens is 364 g/mol. The maximum absolute atomic E-state index is 12.8. The maximum Gasteiger partial charge on any atom is 0.409 e. The van der Waals surface area contributed by atoms with Gasteiger partial charge >= 0.3 is 6.09 Å². The highest BCUT2D eigenvalue weighted by Gasteiger charge is 2.25. The molecule has 2 rings (SSSR count). The first-order valence-electron chi connectivity index (χ1n) is 9.74. The number of piperidine rings is 1.